The molecule has 1 N–H and O–H groups in total. The van der Waals surface area contributed by atoms with E-state index in [4.69, 9.17) is 14.2 Å². The second-order valence-corrected chi connectivity index (χ2v) is 5.60. The van der Waals surface area contributed by atoms with Gasteiger partial charge in [0.05, 0.1) is 12.3 Å². The van der Waals surface area contributed by atoms with E-state index in [0.717, 1.165) is 40.9 Å². The van der Waals surface area contributed by atoms with Gasteiger partial charge in [-0.15, -0.1) is 11.3 Å². The molecule has 2 heterocycles. The lowest BCUT2D eigenvalue weighted by Gasteiger charge is -2.18. The Morgan fingerprint density at radius 1 is 1.29 bits per heavy atom. The maximum absolute atomic E-state index is 5.61. The summed E-state index contributed by atoms with van der Waals surface area (Å²) >= 11 is 1.65. The number of thiazole rings is 1. The molecule has 21 heavy (non-hydrogen) atoms. The van der Waals surface area contributed by atoms with Crippen LogP contribution < -0.4 is 14.8 Å². The predicted molar refractivity (Wildman–Crippen MR) is 82.1 cm³/mol. The van der Waals surface area contributed by atoms with E-state index in [0.29, 0.717) is 19.8 Å². The van der Waals surface area contributed by atoms with Crippen LogP contribution in [0.15, 0.2) is 23.6 Å². The van der Waals surface area contributed by atoms with Gasteiger partial charge in [-0.05, 0) is 18.2 Å². The number of ether oxygens (including phenoxy) is 3. The molecule has 3 rings (SSSR count). The molecule has 6 heteroatoms. The molecule has 112 valence electrons. The van der Waals surface area contributed by atoms with E-state index in [2.05, 4.69) is 15.7 Å². The lowest BCUT2D eigenvalue weighted by molar-refractivity contribution is 0.171. The number of nitrogens with one attached hydrogen (secondary N) is 1. The number of benzene rings is 1. The van der Waals surface area contributed by atoms with Crippen molar-refractivity contribution in [2.24, 2.45) is 0 Å². The number of fused-ring (bicyclic) bond motifs is 1. The fraction of sp³-hybridized carbons (Fsp3) is 0.400. The van der Waals surface area contributed by atoms with Crippen LogP contribution in [-0.4, -0.2) is 38.5 Å². The Kier molecular flexibility index (Phi) is 4.69. The molecular formula is C15H18N2O3S. The summed E-state index contributed by atoms with van der Waals surface area (Å²) < 4.78 is 16.1. The van der Waals surface area contributed by atoms with Crippen LogP contribution in [-0.2, 0) is 11.3 Å². The molecule has 0 radical (unpaired) electrons. The van der Waals surface area contributed by atoms with E-state index in [1.807, 2.05) is 18.2 Å². The molecule has 2 aromatic rings. The van der Waals surface area contributed by atoms with E-state index in [1.54, 1.807) is 18.4 Å². The van der Waals surface area contributed by atoms with Gasteiger partial charge >= 0.3 is 0 Å². The normalized spacial score (nSPS) is 13.4. The molecular weight excluding hydrogens is 288 g/mol. The Morgan fingerprint density at radius 3 is 3.00 bits per heavy atom. The Labute approximate surface area is 127 Å². The molecule has 0 saturated heterocycles. The molecule has 0 atom stereocenters. The van der Waals surface area contributed by atoms with E-state index in [-0.39, 0.29) is 0 Å². The highest BCUT2D eigenvalue weighted by atomic mass is 32.1. The zero-order valence-corrected chi connectivity index (χ0v) is 12.7. The van der Waals surface area contributed by atoms with Crippen LogP contribution in [0.2, 0.25) is 0 Å². The topological polar surface area (TPSA) is 52.6 Å². The molecule has 0 spiro atoms. The Hall–Kier alpha value is -1.63. The second kappa shape index (κ2) is 6.89. The fourth-order valence-electron chi connectivity index (χ4n) is 2.10. The second-order valence-electron chi connectivity index (χ2n) is 4.65. The molecule has 0 saturated carbocycles. The van der Waals surface area contributed by atoms with Gasteiger partial charge in [0.25, 0.3) is 0 Å². The van der Waals surface area contributed by atoms with Gasteiger partial charge in [0.15, 0.2) is 11.5 Å². The summed E-state index contributed by atoms with van der Waals surface area (Å²) in [4.78, 5) is 4.65. The van der Waals surface area contributed by atoms with Gasteiger partial charge in [-0.1, -0.05) is 0 Å². The summed E-state index contributed by atoms with van der Waals surface area (Å²) in [5, 5.41) is 6.43. The van der Waals surface area contributed by atoms with Gasteiger partial charge in [0.2, 0.25) is 0 Å². The third kappa shape index (κ3) is 3.53. The van der Waals surface area contributed by atoms with Gasteiger partial charge < -0.3 is 19.5 Å². The van der Waals surface area contributed by atoms with Crippen LogP contribution in [0.1, 0.15) is 5.01 Å². The Bertz CT molecular complexity index is 600. The molecule has 1 aromatic heterocycles. The van der Waals surface area contributed by atoms with Gasteiger partial charge in [0, 0.05) is 31.1 Å². The zero-order valence-electron chi connectivity index (χ0n) is 11.9. The van der Waals surface area contributed by atoms with E-state index in [9.17, 15) is 0 Å². The van der Waals surface area contributed by atoms with E-state index in [1.165, 1.54) is 0 Å². The van der Waals surface area contributed by atoms with Crippen molar-refractivity contribution >= 4 is 11.3 Å². The van der Waals surface area contributed by atoms with Gasteiger partial charge in [-0.2, -0.15) is 0 Å². The number of rotatable bonds is 6. The average molecular weight is 306 g/mol. The van der Waals surface area contributed by atoms with Crippen molar-refractivity contribution in [3.63, 3.8) is 0 Å². The SMILES string of the molecule is COCCNCc1nc(-c2ccc3c(c2)OCCO3)cs1. The molecule has 5 nitrogen and oxygen atoms in total. The van der Waals surface area contributed by atoms with Crippen molar-refractivity contribution < 1.29 is 14.2 Å². The Morgan fingerprint density at radius 2 is 2.14 bits per heavy atom. The number of methoxy groups -OCH3 is 1. The first-order valence-electron chi connectivity index (χ1n) is 6.91. The molecule has 0 amide bonds. The highest BCUT2D eigenvalue weighted by Crippen LogP contribution is 2.34. The quantitative estimate of drug-likeness (QED) is 0.830. The molecule has 0 bridgehead atoms. The molecule has 0 unspecified atom stereocenters. The molecule has 1 aliphatic rings. The standard InChI is InChI=1S/C15H18N2O3S/c1-18-5-4-16-9-15-17-12(10-21-15)11-2-3-13-14(8-11)20-7-6-19-13/h2-3,8,10,16H,4-7,9H2,1H3. The number of nitrogens with zero attached hydrogens (tertiary/aromatic N) is 1. The van der Waals surface area contributed by atoms with Crippen LogP contribution in [0.4, 0.5) is 0 Å². The van der Waals surface area contributed by atoms with Crippen LogP contribution in [0.5, 0.6) is 11.5 Å². The fourth-order valence-corrected chi connectivity index (χ4v) is 2.87. The summed E-state index contributed by atoms with van der Waals surface area (Å²) in [6.07, 6.45) is 0. The number of aromatic nitrogens is 1. The van der Waals surface area contributed by atoms with Crippen LogP contribution >= 0.6 is 11.3 Å². The number of hydrogen-bond acceptors (Lipinski definition) is 6. The minimum atomic E-state index is 0.599. The lowest BCUT2D eigenvalue weighted by Crippen LogP contribution is -2.18. The largest absolute Gasteiger partial charge is 0.486 e. The van der Waals surface area contributed by atoms with Gasteiger partial charge in [0.1, 0.15) is 18.2 Å². The third-order valence-corrected chi connectivity index (χ3v) is 4.00. The summed E-state index contributed by atoms with van der Waals surface area (Å²) in [7, 11) is 1.70. The number of hydrogen-bond donors (Lipinski definition) is 1. The maximum atomic E-state index is 5.61. The first-order chi connectivity index (χ1) is 10.4. The average Bonchev–Trinajstić information content (AvgIpc) is 3.00. The lowest BCUT2D eigenvalue weighted by atomic mass is 10.1. The third-order valence-electron chi connectivity index (χ3n) is 3.15. The van der Waals surface area contributed by atoms with Crippen LogP contribution in [0, 0.1) is 0 Å². The first-order valence-corrected chi connectivity index (χ1v) is 7.79. The Balaban J connectivity index is 1.68. The van der Waals surface area contributed by atoms with Crippen molar-refractivity contribution in [2.75, 3.05) is 33.5 Å². The van der Waals surface area contributed by atoms with Crippen LogP contribution in [0.3, 0.4) is 0 Å². The van der Waals surface area contributed by atoms with Crippen LogP contribution in [0.25, 0.3) is 11.3 Å². The van der Waals surface area contributed by atoms with Crippen molar-refractivity contribution in [1.29, 1.82) is 0 Å². The molecule has 1 aliphatic heterocycles. The first kappa shape index (κ1) is 14.3. The van der Waals surface area contributed by atoms with Gasteiger partial charge in [-0.3, -0.25) is 0 Å². The molecule has 1 aromatic carbocycles. The van der Waals surface area contributed by atoms with E-state index >= 15 is 0 Å². The van der Waals surface area contributed by atoms with Crippen molar-refractivity contribution in [3.05, 3.63) is 28.6 Å². The summed E-state index contributed by atoms with van der Waals surface area (Å²) in [6, 6.07) is 5.95. The summed E-state index contributed by atoms with van der Waals surface area (Å²) in [6.45, 7) is 3.51. The van der Waals surface area contributed by atoms with Crippen molar-refractivity contribution in [3.8, 4) is 22.8 Å². The highest BCUT2D eigenvalue weighted by molar-refractivity contribution is 7.09. The predicted octanol–water partition coefficient (Wildman–Crippen LogP) is 2.32. The van der Waals surface area contributed by atoms with Gasteiger partial charge in [-0.25, -0.2) is 4.98 Å². The van der Waals surface area contributed by atoms with Crippen molar-refractivity contribution in [1.82, 2.24) is 10.3 Å². The minimum absolute atomic E-state index is 0.599. The van der Waals surface area contributed by atoms with E-state index < -0.39 is 0 Å². The monoisotopic (exact) mass is 306 g/mol. The summed E-state index contributed by atoms with van der Waals surface area (Å²) in [5.41, 5.74) is 2.03. The maximum Gasteiger partial charge on any atom is 0.162 e. The smallest absolute Gasteiger partial charge is 0.162 e. The van der Waals surface area contributed by atoms with Crippen molar-refractivity contribution in [2.45, 2.75) is 6.54 Å². The minimum Gasteiger partial charge on any atom is -0.486 e. The molecule has 0 aliphatic carbocycles. The zero-order chi connectivity index (χ0) is 14.5. The molecule has 0 fully saturated rings. The summed E-state index contributed by atoms with van der Waals surface area (Å²) in [5.74, 6) is 1.60. The highest BCUT2D eigenvalue weighted by Gasteiger charge is 2.13.